The predicted octanol–water partition coefficient (Wildman–Crippen LogP) is 3.33. The van der Waals surface area contributed by atoms with E-state index < -0.39 is 11.7 Å². The fourth-order valence-electron chi connectivity index (χ4n) is 2.00. The first-order chi connectivity index (χ1) is 10.9. The minimum Gasteiger partial charge on any atom is -0.444 e. The first kappa shape index (κ1) is 16.9. The number of carbonyl (C=O) groups excluding carboxylic acids is 1. The molecule has 0 saturated carbocycles. The largest absolute Gasteiger partial charge is 0.444 e. The number of pyridine rings is 1. The zero-order chi connectivity index (χ0) is 16.9. The molecule has 6 heteroatoms. The molecule has 0 unspecified atom stereocenters. The van der Waals surface area contributed by atoms with Gasteiger partial charge in [-0.25, -0.2) is 4.79 Å². The van der Waals surface area contributed by atoms with E-state index in [1.807, 2.05) is 39.0 Å². The van der Waals surface area contributed by atoms with Crippen molar-refractivity contribution in [2.75, 3.05) is 0 Å². The van der Waals surface area contributed by atoms with Gasteiger partial charge in [0.2, 0.25) is 0 Å². The molecule has 2 aromatic heterocycles. The lowest BCUT2D eigenvalue weighted by Crippen LogP contribution is -2.34. The van der Waals surface area contributed by atoms with E-state index in [2.05, 4.69) is 27.4 Å². The Hall–Kier alpha value is -2.50. The Bertz CT molecular complexity index is 636. The maximum atomic E-state index is 11.9. The molecule has 23 heavy (non-hydrogen) atoms. The molecule has 0 aromatic carbocycles. The van der Waals surface area contributed by atoms with Crippen molar-refractivity contribution >= 4 is 6.09 Å². The molecule has 0 bridgehead atoms. The maximum absolute atomic E-state index is 11.9. The van der Waals surface area contributed by atoms with Gasteiger partial charge in [0, 0.05) is 11.8 Å². The molecule has 0 aliphatic carbocycles. The number of hydrogen-bond donors (Lipinski definition) is 1. The van der Waals surface area contributed by atoms with Gasteiger partial charge in [0.25, 0.3) is 0 Å². The van der Waals surface area contributed by atoms with Crippen molar-refractivity contribution < 1.29 is 9.53 Å². The Morgan fingerprint density at radius 3 is 2.57 bits per heavy atom. The van der Waals surface area contributed by atoms with Crippen molar-refractivity contribution in [3.05, 3.63) is 49.3 Å². The standard InChI is InChI=1S/C17H21N4O2/c1-5-14(21-16(22)23-17(2,3)4)12-6-7-15(18-10-12)13-8-9-19-20-11-13/h6-11,14H,1,5H2,2-4H3,(H,21,22)/t14-/m1/s1. The molecule has 2 aromatic rings. The van der Waals surface area contributed by atoms with Gasteiger partial charge in [-0.15, -0.1) is 0 Å². The summed E-state index contributed by atoms with van der Waals surface area (Å²) in [5.41, 5.74) is 2.02. The van der Waals surface area contributed by atoms with E-state index in [4.69, 9.17) is 4.74 Å². The van der Waals surface area contributed by atoms with Gasteiger partial charge < -0.3 is 10.1 Å². The fraction of sp³-hybridized carbons (Fsp3) is 0.353. The number of ether oxygens (including phenoxy) is 1. The Labute approximate surface area is 136 Å². The van der Waals surface area contributed by atoms with Crippen molar-refractivity contribution in [1.29, 1.82) is 0 Å². The summed E-state index contributed by atoms with van der Waals surface area (Å²) >= 11 is 0. The van der Waals surface area contributed by atoms with Crippen LogP contribution in [0.25, 0.3) is 11.3 Å². The lowest BCUT2D eigenvalue weighted by molar-refractivity contribution is 0.0503. The average molecular weight is 313 g/mol. The number of hydrogen-bond acceptors (Lipinski definition) is 5. The zero-order valence-electron chi connectivity index (χ0n) is 13.6. The number of rotatable bonds is 4. The van der Waals surface area contributed by atoms with Crippen LogP contribution in [0, 0.1) is 6.92 Å². The number of nitrogens with one attached hydrogen (secondary N) is 1. The van der Waals surface area contributed by atoms with Crippen LogP contribution in [0.1, 0.15) is 38.8 Å². The lowest BCUT2D eigenvalue weighted by atomic mass is 10.1. The fourth-order valence-corrected chi connectivity index (χ4v) is 2.00. The van der Waals surface area contributed by atoms with Crippen molar-refractivity contribution in [1.82, 2.24) is 20.5 Å². The molecule has 2 rings (SSSR count). The predicted molar refractivity (Wildman–Crippen MR) is 87.3 cm³/mol. The van der Waals surface area contributed by atoms with Gasteiger partial charge in [-0.05, 0) is 44.9 Å². The Morgan fingerprint density at radius 1 is 1.26 bits per heavy atom. The summed E-state index contributed by atoms with van der Waals surface area (Å²) in [5, 5.41) is 10.4. The first-order valence-electron chi connectivity index (χ1n) is 7.41. The van der Waals surface area contributed by atoms with E-state index in [1.54, 1.807) is 18.6 Å². The second-order valence-corrected chi connectivity index (χ2v) is 6.10. The molecule has 0 saturated heterocycles. The summed E-state index contributed by atoms with van der Waals surface area (Å²) in [6.45, 7) is 9.35. The van der Waals surface area contributed by atoms with Gasteiger partial charge in [0.15, 0.2) is 0 Å². The van der Waals surface area contributed by atoms with Gasteiger partial charge in [-0.3, -0.25) is 4.98 Å². The lowest BCUT2D eigenvalue weighted by Gasteiger charge is -2.23. The summed E-state index contributed by atoms with van der Waals surface area (Å²) in [6.07, 6.45) is 5.03. The van der Waals surface area contributed by atoms with Crippen LogP contribution in [0.5, 0.6) is 0 Å². The second-order valence-electron chi connectivity index (χ2n) is 6.10. The third kappa shape index (κ3) is 5.02. The Kier molecular flexibility index (Phi) is 5.26. The van der Waals surface area contributed by atoms with Crippen LogP contribution in [0.4, 0.5) is 4.79 Å². The molecular weight excluding hydrogens is 292 g/mol. The van der Waals surface area contributed by atoms with Crippen molar-refractivity contribution in [2.24, 2.45) is 0 Å². The van der Waals surface area contributed by atoms with Crippen LogP contribution in [0.3, 0.4) is 0 Å². The summed E-state index contributed by atoms with van der Waals surface area (Å²) in [6, 6.07) is 5.39. The quantitative estimate of drug-likeness (QED) is 0.937. The van der Waals surface area contributed by atoms with Crippen LogP contribution < -0.4 is 5.32 Å². The molecule has 1 amide bonds. The van der Waals surface area contributed by atoms with Crippen molar-refractivity contribution in [3.63, 3.8) is 0 Å². The number of aromatic nitrogens is 3. The summed E-state index contributed by atoms with van der Waals surface area (Å²) in [5.74, 6) is 0. The molecule has 2 heterocycles. The van der Waals surface area contributed by atoms with E-state index in [9.17, 15) is 4.79 Å². The smallest absolute Gasteiger partial charge is 0.408 e. The van der Waals surface area contributed by atoms with Crippen LogP contribution in [-0.4, -0.2) is 26.9 Å². The molecule has 0 spiro atoms. The number of amides is 1. The molecule has 0 aliphatic heterocycles. The number of alkyl carbamates (subject to hydrolysis) is 1. The third-order valence-electron chi connectivity index (χ3n) is 3.05. The molecule has 121 valence electrons. The Balaban J connectivity index is 2.08. The minimum atomic E-state index is -0.535. The molecule has 0 fully saturated rings. The highest BCUT2D eigenvalue weighted by molar-refractivity contribution is 5.68. The Morgan fingerprint density at radius 2 is 2.04 bits per heavy atom. The highest BCUT2D eigenvalue weighted by Gasteiger charge is 2.19. The maximum Gasteiger partial charge on any atom is 0.408 e. The number of nitrogens with zero attached hydrogens (tertiary/aromatic N) is 3. The second kappa shape index (κ2) is 7.17. The van der Waals surface area contributed by atoms with Gasteiger partial charge in [-0.1, -0.05) is 13.0 Å². The summed E-state index contributed by atoms with van der Waals surface area (Å²) < 4.78 is 5.27. The van der Waals surface area contributed by atoms with Crippen molar-refractivity contribution in [2.45, 2.75) is 38.8 Å². The van der Waals surface area contributed by atoms with Crippen LogP contribution in [0.2, 0.25) is 0 Å². The third-order valence-corrected chi connectivity index (χ3v) is 3.05. The van der Waals surface area contributed by atoms with Crippen molar-refractivity contribution in [3.8, 4) is 11.3 Å². The summed E-state index contributed by atoms with van der Waals surface area (Å²) in [4.78, 5) is 16.3. The topological polar surface area (TPSA) is 77.0 Å². The zero-order valence-corrected chi connectivity index (χ0v) is 13.6. The van der Waals surface area contributed by atoms with Crippen LogP contribution in [-0.2, 0) is 4.74 Å². The number of carbonyl (C=O) groups is 1. The summed E-state index contributed by atoms with van der Waals surface area (Å²) in [7, 11) is 0. The van der Waals surface area contributed by atoms with E-state index in [-0.39, 0.29) is 6.04 Å². The molecule has 1 N–H and O–H groups in total. The van der Waals surface area contributed by atoms with E-state index in [0.29, 0.717) is 6.42 Å². The molecule has 1 radical (unpaired) electrons. The SMILES string of the molecule is [CH2]C[C@@H](NC(=O)OC(C)(C)C)c1ccc(-c2ccnnc2)nc1. The minimum absolute atomic E-state index is 0.248. The highest BCUT2D eigenvalue weighted by atomic mass is 16.6. The van der Waals surface area contributed by atoms with Gasteiger partial charge in [0.1, 0.15) is 5.60 Å². The highest BCUT2D eigenvalue weighted by Crippen LogP contribution is 2.20. The van der Waals surface area contributed by atoms with Crippen LogP contribution in [0.15, 0.2) is 36.8 Å². The van der Waals surface area contributed by atoms with Gasteiger partial charge in [-0.2, -0.15) is 10.2 Å². The average Bonchev–Trinajstić information content (AvgIpc) is 2.52. The van der Waals surface area contributed by atoms with Crippen LogP contribution >= 0.6 is 0 Å². The molecule has 6 nitrogen and oxygen atoms in total. The molecule has 0 aliphatic rings. The monoisotopic (exact) mass is 313 g/mol. The van der Waals surface area contributed by atoms with E-state index >= 15 is 0 Å². The molecule has 1 atom stereocenters. The van der Waals surface area contributed by atoms with E-state index in [0.717, 1.165) is 16.8 Å². The molecular formula is C17H21N4O2. The van der Waals surface area contributed by atoms with Gasteiger partial charge in [0.05, 0.1) is 24.1 Å². The van der Waals surface area contributed by atoms with Gasteiger partial charge >= 0.3 is 6.09 Å². The van der Waals surface area contributed by atoms with E-state index in [1.165, 1.54) is 0 Å². The first-order valence-corrected chi connectivity index (χ1v) is 7.41. The normalized spacial score (nSPS) is 12.5.